The molecule has 9 nitrogen and oxygen atoms in total. The van der Waals surface area contributed by atoms with Crippen LogP contribution < -0.4 is 0 Å². The zero-order valence-corrected chi connectivity index (χ0v) is 38.0. The summed E-state index contributed by atoms with van der Waals surface area (Å²) in [5.74, 6) is -0.384. The lowest BCUT2D eigenvalue weighted by atomic mass is 10.1. The van der Waals surface area contributed by atoms with E-state index in [4.69, 9.17) is 23.6 Å². The van der Waals surface area contributed by atoms with Gasteiger partial charge in [-0.2, -0.15) is 0 Å². The third-order valence-corrected chi connectivity index (χ3v) is 11.3. The molecule has 0 aliphatic carbocycles. The first-order valence-corrected chi connectivity index (χ1v) is 25.3. The van der Waals surface area contributed by atoms with Gasteiger partial charge < -0.3 is 24.6 Å². The number of unbranched alkanes of at least 4 members (excludes halogenated alkanes) is 28. The first-order chi connectivity index (χ1) is 27.8. The van der Waals surface area contributed by atoms with Gasteiger partial charge >= 0.3 is 13.8 Å². The van der Waals surface area contributed by atoms with Gasteiger partial charge in [-0.05, 0) is 64.2 Å². The molecule has 0 spiro atoms. The quantitative estimate of drug-likeness (QED) is 0.0237. The summed E-state index contributed by atoms with van der Waals surface area (Å²) in [6.45, 7) is 3.53. The van der Waals surface area contributed by atoms with Gasteiger partial charge in [0, 0.05) is 13.0 Å². The molecule has 3 atom stereocenters. The van der Waals surface area contributed by atoms with Gasteiger partial charge in [0.15, 0.2) is 0 Å². The number of aliphatic hydroxyl groups excluding tert-OH is 2. The molecule has 338 valence electrons. The van der Waals surface area contributed by atoms with Crippen molar-refractivity contribution >= 4 is 13.8 Å². The van der Waals surface area contributed by atoms with Gasteiger partial charge in [-0.15, -0.1) is 0 Å². The lowest BCUT2D eigenvalue weighted by molar-refractivity contribution is -0.154. The van der Waals surface area contributed by atoms with E-state index in [1.54, 1.807) is 0 Å². The molecule has 3 N–H and O–H groups in total. The Balaban J connectivity index is 4.11. The van der Waals surface area contributed by atoms with Crippen LogP contribution >= 0.6 is 7.82 Å². The van der Waals surface area contributed by atoms with Crippen molar-refractivity contribution in [1.82, 2.24) is 0 Å². The van der Waals surface area contributed by atoms with Crippen LogP contribution in [-0.2, 0) is 27.9 Å². The molecule has 0 heterocycles. The van der Waals surface area contributed by atoms with Gasteiger partial charge in [0.25, 0.3) is 0 Å². The summed E-state index contributed by atoms with van der Waals surface area (Å²) in [5.41, 5.74) is 0. The van der Waals surface area contributed by atoms with Crippen LogP contribution in [-0.4, -0.2) is 66.3 Å². The molecule has 0 fully saturated rings. The maximum absolute atomic E-state index is 12.6. The Morgan fingerprint density at radius 3 is 1.32 bits per heavy atom. The Labute approximate surface area is 351 Å². The molecule has 0 aromatic heterocycles. The molecule has 0 radical (unpaired) electrons. The minimum Gasteiger partial charge on any atom is -0.457 e. The van der Waals surface area contributed by atoms with Crippen LogP contribution in [0.5, 0.6) is 0 Å². The normalized spacial score (nSPS) is 14.1. The van der Waals surface area contributed by atoms with Crippen LogP contribution in [0.25, 0.3) is 0 Å². The van der Waals surface area contributed by atoms with Crippen molar-refractivity contribution in [1.29, 1.82) is 0 Å². The topological polar surface area (TPSA) is 132 Å². The average Bonchev–Trinajstić information content (AvgIpc) is 3.20. The second kappa shape index (κ2) is 44.5. The fourth-order valence-corrected chi connectivity index (χ4v) is 7.49. The molecule has 0 aromatic rings. The fraction of sp³-hybridized carbons (Fsp3) is 0.894. The molecule has 0 rings (SSSR count). The van der Waals surface area contributed by atoms with E-state index >= 15 is 0 Å². The molecule has 57 heavy (non-hydrogen) atoms. The van der Waals surface area contributed by atoms with Crippen LogP contribution in [0.2, 0.25) is 0 Å². The number of esters is 1. The van der Waals surface area contributed by atoms with E-state index in [0.29, 0.717) is 6.61 Å². The SMILES string of the molecule is CCCCCCCC/C=C\CCCCCCCCCCCC(=O)OC(COCCCCCCCC/C=C\CCCCCCCCC)COP(=O)(O)OCC(O)CO. The molecular weight excluding hydrogens is 739 g/mol. The van der Waals surface area contributed by atoms with Crippen molar-refractivity contribution in [3.05, 3.63) is 24.3 Å². The lowest BCUT2D eigenvalue weighted by Crippen LogP contribution is -2.29. The predicted molar refractivity (Wildman–Crippen MR) is 238 cm³/mol. The van der Waals surface area contributed by atoms with E-state index in [0.717, 1.165) is 44.9 Å². The highest BCUT2D eigenvalue weighted by Crippen LogP contribution is 2.43. The van der Waals surface area contributed by atoms with Crippen molar-refractivity contribution in [2.75, 3.05) is 33.0 Å². The van der Waals surface area contributed by atoms with E-state index in [1.165, 1.54) is 161 Å². The minimum absolute atomic E-state index is 0.0473. The Morgan fingerprint density at radius 2 is 0.895 bits per heavy atom. The number of hydrogen-bond acceptors (Lipinski definition) is 8. The number of phosphoric acid groups is 1. The molecule has 0 saturated carbocycles. The summed E-state index contributed by atoms with van der Waals surface area (Å²) in [4.78, 5) is 22.6. The lowest BCUT2D eigenvalue weighted by Gasteiger charge is -2.20. The number of rotatable bonds is 46. The average molecular weight is 831 g/mol. The number of ether oxygens (including phenoxy) is 2. The third-order valence-electron chi connectivity index (χ3n) is 10.4. The van der Waals surface area contributed by atoms with Gasteiger partial charge in [0.2, 0.25) is 0 Å². The standard InChI is InChI=1S/C47H91O9P/c1-3-5-7-9-11-13-15-17-19-21-22-23-25-27-29-31-33-35-37-39-47(50)56-46(44-55-57(51,52)54-42-45(49)41-48)43-53-40-38-36-34-32-30-28-26-24-20-18-16-14-12-10-8-6-4-2/h17,19-20,24,45-46,48-49H,3-16,18,21-23,25-44H2,1-2H3,(H,51,52)/b19-17-,24-20-. The molecule has 10 heteroatoms. The van der Waals surface area contributed by atoms with Gasteiger partial charge in [0.1, 0.15) is 12.2 Å². The van der Waals surface area contributed by atoms with Gasteiger partial charge in [-0.25, -0.2) is 4.57 Å². The summed E-state index contributed by atoms with van der Waals surface area (Å²) in [6.07, 6.45) is 47.1. The first-order valence-electron chi connectivity index (χ1n) is 23.8. The molecular formula is C47H91O9P. The Hall–Kier alpha value is -1.06. The maximum Gasteiger partial charge on any atom is 0.472 e. The Morgan fingerprint density at radius 1 is 0.526 bits per heavy atom. The van der Waals surface area contributed by atoms with E-state index in [1.807, 2.05) is 0 Å². The van der Waals surface area contributed by atoms with Crippen LogP contribution in [0, 0.1) is 0 Å². The van der Waals surface area contributed by atoms with Crippen LogP contribution in [0.1, 0.15) is 226 Å². The largest absolute Gasteiger partial charge is 0.472 e. The van der Waals surface area contributed by atoms with E-state index in [2.05, 4.69) is 38.2 Å². The zero-order valence-electron chi connectivity index (χ0n) is 37.1. The van der Waals surface area contributed by atoms with Crippen molar-refractivity contribution in [2.45, 2.75) is 238 Å². The van der Waals surface area contributed by atoms with Gasteiger partial charge in [-0.1, -0.05) is 179 Å². The smallest absolute Gasteiger partial charge is 0.457 e. The van der Waals surface area contributed by atoms with Gasteiger partial charge in [0.05, 0.1) is 26.4 Å². The number of carbonyl (C=O) groups is 1. The summed E-state index contributed by atoms with van der Waals surface area (Å²) in [6, 6.07) is 0. The minimum atomic E-state index is -4.52. The fourth-order valence-electron chi connectivity index (χ4n) is 6.70. The summed E-state index contributed by atoms with van der Waals surface area (Å²) in [7, 11) is -4.52. The molecule has 0 aliphatic rings. The van der Waals surface area contributed by atoms with Gasteiger partial charge in [-0.3, -0.25) is 13.8 Å². The molecule has 0 bridgehead atoms. The van der Waals surface area contributed by atoms with Crippen molar-refractivity contribution in [3.8, 4) is 0 Å². The Kier molecular flexibility index (Phi) is 43.7. The number of aliphatic hydroxyl groups is 2. The van der Waals surface area contributed by atoms with Crippen LogP contribution in [0.3, 0.4) is 0 Å². The third kappa shape index (κ3) is 44.3. The van der Waals surface area contributed by atoms with Crippen molar-refractivity contribution in [2.24, 2.45) is 0 Å². The molecule has 0 amide bonds. The number of phosphoric ester groups is 1. The second-order valence-corrected chi connectivity index (χ2v) is 17.6. The molecule has 0 saturated heterocycles. The molecule has 0 aliphatic heterocycles. The highest BCUT2D eigenvalue weighted by molar-refractivity contribution is 7.47. The first kappa shape index (κ1) is 55.9. The van der Waals surface area contributed by atoms with Crippen molar-refractivity contribution in [3.63, 3.8) is 0 Å². The number of allylic oxidation sites excluding steroid dienone is 4. The second-order valence-electron chi connectivity index (χ2n) is 16.1. The van der Waals surface area contributed by atoms with Crippen LogP contribution in [0.15, 0.2) is 24.3 Å². The predicted octanol–water partition coefficient (Wildman–Crippen LogP) is 13.4. The molecule has 0 aromatic carbocycles. The zero-order chi connectivity index (χ0) is 41.8. The van der Waals surface area contributed by atoms with Crippen molar-refractivity contribution < 1.29 is 43.0 Å². The summed E-state index contributed by atoms with van der Waals surface area (Å²) in [5, 5.41) is 18.4. The summed E-state index contributed by atoms with van der Waals surface area (Å²) < 4.78 is 33.4. The highest BCUT2D eigenvalue weighted by Gasteiger charge is 2.26. The Bertz CT molecular complexity index is 944. The molecule has 3 unspecified atom stereocenters. The number of hydrogen-bond donors (Lipinski definition) is 3. The monoisotopic (exact) mass is 831 g/mol. The summed E-state index contributed by atoms with van der Waals surface area (Å²) >= 11 is 0. The van der Waals surface area contributed by atoms with Crippen LogP contribution in [0.4, 0.5) is 0 Å². The van der Waals surface area contributed by atoms with E-state index < -0.39 is 33.2 Å². The van der Waals surface area contributed by atoms with E-state index in [9.17, 15) is 19.4 Å². The van der Waals surface area contributed by atoms with E-state index in [-0.39, 0.29) is 25.6 Å². The number of carbonyl (C=O) groups excluding carboxylic acids is 1. The highest BCUT2D eigenvalue weighted by atomic mass is 31.2. The maximum atomic E-state index is 12.6.